The Morgan fingerprint density at radius 1 is 0.735 bits per heavy atom. The van der Waals surface area contributed by atoms with Gasteiger partial charge in [-0.3, -0.25) is 0 Å². The van der Waals surface area contributed by atoms with Gasteiger partial charge >= 0.3 is 0 Å². The molecule has 0 amide bonds. The van der Waals surface area contributed by atoms with Crippen LogP contribution in [0.25, 0.3) is 21.9 Å². The molecule has 0 fully saturated rings. The van der Waals surface area contributed by atoms with Gasteiger partial charge in [0.25, 0.3) is 0 Å². The van der Waals surface area contributed by atoms with Crippen molar-refractivity contribution in [1.82, 2.24) is 25.8 Å². The van der Waals surface area contributed by atoms with Gasteiger partial charge in [-0.2, -0.15) is 0 Å². The van der Waals surface area contributed by atoms with Gasteiger partial charge in [0.2, 0.25) is 0 Å². The minimum absolute atomic E-state index is 0. The third kappa shape index (κ3) is 4.50. The summed E-state index contributed by atoms with van der Waals surface area (Å²) in [6, 6.07) is 10.9. The predicted molar refractivity (Wildman–Crippen MR) is 146 cm³/mol. The molecule has 0 saturated carbocycles. The van der Waals surface area contributed by atoms with Crippen LogP contribution in [0.2, 0.25) is 0 Å². The first-order valence-electron chi connectivity index (χ1n) is 11.3. The highest BCUT2D eigenvalue weighted by Gasteiger charge is 2.30. The zero-order valence-electron chi connectivity index (χ0n) is 19.8. The largest absolute Gasteiger partial charge is 0.361 e. The fourth-order valence-corrected chi connectivity index (χ4v) is 4.50. The van der Waals surface area contributed by atoms with Crippen molar-refractivity contribution in [2.75, 3.05) is 10.0 Å². The second-order valence-corrected chi connectivity index (χ2v) is 10.6. The van der Waals surface area contributed by atoms with Crippen LogP contribution in [0.4, 0.5) is 11.4 Å². The molecule has 5 heterocycles. The fraction of sp³-hybridized carbons (Fsp3) is 0.444. The van der Waals surface area contributed by atoms with Crippen LogP contribution < -0.4 is 20.9 Å². The number of hydrazine groups is 2. The Morgan fingerprint density at radius 2 is 1.32 bits per heavy atom. The van der Waals surface area contributed by atoms with Gasteiger partial charge in [0.15, 0.2) is 0 Å². The highest BCUT2D eigenvalue weighted by Crippen LogP contribution is 2.34. The molecule has 6 rings (SSSR count). The Labute approximate surface area is 203 Å². The Bertz CT molecular complexity index is 1170. The van der Waals surface area contributed by atoms with E-state index in [1.54, 1.807) is 0 Å². The molecule has 0 unspecified atom stereocenters. The summed E-state index contributed by atoms with van der Waals surface area (Å²) in [5.74, 6) is 0. The van der Waals surface area contributed by atoms with Crippen LogP contribution in [0.5, 0.6) is 0 Å². The number of hydrogen-bond donors (Lipinski definition) is 4. The van der Waals surface area contributed by atoms with Gasteiger partial charge in [-0.05, 0) is 77.4 Å². The summed E-state index contributed by atoms with van der Waals surface area (Å²) in [6.45, 7) is 15.0. The molecule has 34 heavy (non-hydrogen) atoms. The lowest BCUT2D eigenvalue weighted by Crippen LogP contribution is -2.47. The zero-order chi connectivity index (χ0) is 22.7. The lowest BCUT2D eigenvalue weighted by molar-refractivity contribution is 0.457. The molecule has 4 aromatic rings. The Kier molecular flexibility index (Phi) is 6.75. The summed E-state index contributed by atoms with van der Waals surface area (Å²) in [6.07, 6.45) is 3.93. The van der Waals surface area contributed by atoms with Gasteiger partial charge in [-0.15, -0.1) is 0 Å². The number of hydrogen-bond acceptors (Lipinski definition) is 5. The normalized spacial score (nSPS) is 14.9. The predicted octanol–water partition coefficient (Wildman–Crippen LogP) is 6.25. The first-order chi connectivity index (χ1) is 15.1. The molecule has 3 aromatic heterocycles. The monoisotopic (exact) mass is 463 g/mol. The lowest BCUT2D eigenvalue weighted by atomic mass is 10.1. The van der Waals surface area contributed by atoms with Crippen LogP contribution in [0, 0.1) is 0 Å². The minimum Gasteiger partial charge on any atom is -0.361 e. The fourth-order valence-electron chi connectivity index (χ4n) is 4.50. The smallest absolute Gasteiger partial charge is 0.137 e. The maximum atomic E-state index is 4.62. The van der Waals surface area contributed by atoms with E-state index in [-0.39, 0.29) is 25.9 Å². The van der Waals surface area contributed by atoms with Crippen LogP contribution >= 0.6 is 0 Å². The van der Waals surface area contributed by atoms with Crippen molar-refractivity contribution >= 4 is 33.3 Å². The molecule has 0 atom stereocenters. The SMILES string of the molecule is C.C.CC(C)(C)N1NCc2cc3[nH]ccc3cc21.CC(C)(C)N1NCc2nc3[nH]ccc3cc21. The maximum absolute atomic E-state index is 4.62. The van der Waals surface area contributed by atoms with Gasteiger partial charge in [-0.1, -0.05) is 14.9 Å². The minimum atomic E-state index is 0. The topological polar surface area (TPSA) is 75.0 Å². The molecule has 7 heteroatoms. The van der Waals surface area contributed by atoms with Crippen molar-refractivity contribution in [1.29, 1.82) is 0 Å². The molecule has 0 spiro atoms. The van der Waals surface area contributed by atoms with E-state index in [4.69, 9.17) is 0 Å². The first kappa shape index (κ1) is 25.6. The highest BCUT2D eigenvalue weighted by atomic mass is 15.6. The third-order valence-electron chi connectivity index (χ3n) is 6.00. The number of nitrogens with zero attached hydrogens (tertiary/aromatic N) is 3. The summed E-state index contributed by atoms with van der Waals surface area (Å²) in [7, 11) is 0. The van der Waals surface area contributed by atoms with E-state index in [1.165, 1.54) is 27.8 Å². The Morgan fingerprint density at radius 3 is 2.03 bits per heavy atom. The number of nitrogens with one attached hydrogen (secondary N) is 4. The van der Waals surface area contributed by atoms with Crippen molar-refractivity contribution in [2.45, 2.75) is 80.6 Å². The Hall–Kier alpha value is -3.03. The molecule has 4 N–H and O–H groups in total. The second-order valence-electron chi connectivity index (χ2n) is 10.6. The van der Waals surface area contributed by atoms with Crippen molar-refractivity contribution in [2.24, 2.45) is 0 Å². The van der Waals surface area contributed by atoms with Crippen LogP contribution in [0.3, 0.4) is 0 Å². The summed E-state index contributed by atoms with van der Waals surface area (Å²) >= 11 is 0. The highest BCUT2D eigenvalue weighted by molar-refractivity contribution is 5.86. The molecule has 0 radical (unpaired) electrons. The van der Waals surface area contributed by atoms with E-state index in [0.717, 1.165) is 29.8 Å². The molecule has 184 valence electrons. The van der Waals surface area contributed by atoms with Crippen molar-refractivity contribution < 1.29 is 0 Å². The van der Waals surface area contributed by atoms with Crippen LogP contribution in [-0.2, 0) is 13.1 Å². The van der Waals surface area contributed by atoms with E-state index >= 15 is 0 Å². The van der Waals surface area contributed by atoms with E-state index in [1.807, 2.05) is 12.4 Å². The van der Waals surface area contributed by atoms with Gasteiger partial charge < -0.3 is 20.0 Å². The van der Waals surface area contributed by atoms with Crippen molar-refractivity contribution in [3.63, 3.8) is 0 Å². The van der Waals surface area contributed by atoms with Crippen molar-refractivity contribution in [3.05, 3.63) is 54.0 Å². The van der Waals surface area contributed by atoms with Crippen LogP contribution in [-0.4, -0.2) is 26.0 Å². The average molecular weight is 464 g/mol. The van der Waals surface area contributed by atoms with Gasteiger partial charge in [0.1, 0.15) is 5.65 Å². The molecule has 0 saturated heterocycles. The Balaban J connectivity index is 0.000000180. The number of aromatic nitrogens is 3. The number of fused-ring (bicyclic) bond motifs is 4. The van der Waals surface area contributed by atoms with Crippen LogP contribution in [0.15, 0.2) is 42.7 Å². The second kappa shape index (κ2) is 8.96. The zero-order valence-corrected chi connectivity index (χ0v) is 19.8. The number of benzene rings is 1. The molecule has 1 aromatic carbocycles. The number of rotatable bonds is 0. The molecule has 0 aliphatic carbocycles. The summed E-state index contributed by atoms with van der Waals surface area (Å²) in [4.78, 5) is 11.0. The van der Waals surface area contributed by atoms with Gasteiger partial charge in [-0.25, -0.2) is 15.8 Å². The molecular weight excluding hydrogens is 422 g/mol. The molecule has 7 nitrogen and oxygen atoms in total. The summed E-state index contributed by atoms with van der Waals surface area (Å²) < 4.78 is 0. The summed E-state index contributed by atoms with van der Waals surface area (Å²) in [5, 5.41) is 6.89. The average Bonchev–Trinajstić information content (AvgIpc) is 3.47. The van der Waals surface area contributed by atoms with E-state index in [0.29, 0.717) is 0 Å². The number of pyridine rings is 1. The number of H-pyrrole nitrogens is 2. The molecule has 0 bridgehead atoms. The van der Waals surface area contributed by atoms with Crippen LogP contribution in [0.1, 0.15) is 67.7 Å². The van der Waals surface area contributed by atoms with E-state index in [9.17, 15) is 0 Å². The molecular formula is C27H41N7. The van der Waals surface area contributed by atoms with Gasteiger partial charge in [0.05, 0.1) is 23.6 Å². The number of anilines is 2. The van der Waals surface area contributed by atoms with E-state index < -0.39 is 0 Å². The summed E-state index contributed by atoms with van der Waals surface area (Å²) in [5.41, 5.74) is 14.2. The van der Waals surface area contributed by atoms with Crippen molar-refractivity contribution in [3.8, 4) is 0 Å². The lowest BCUT2D eigenvalue weighted by Gasteiger charge is -2.34. The van der Waals surface area contributed by atoms with E-state index in [2.05, 4.69) is 108 Å². The molecule has 2 aliphatic heterocycles. The first-order valence-corrected chi connectivity index (χ1v) is 11.3. The van der Waals surface area contributed by atoms with Gasteiger partial charge in [0, 0.05) is 46.3 Å². The maximum Gasteiger partial charge on any atom is 0.137 e. The standard InChI is InChI=1S/C13H17N3.C12H16N4.2CH4/c1-13(2,3)16-12-7-9-4-5-14-11(9)6-10(12)8-15-16;1-12(2,3)16-10-6-8-4-5-13-11(8)15-9(10)7-14-16;;/h4-7,14-15H,8H2,1-3H3;4-6,14H,7H2,1-3H3,(H,13,15);2*1H4. The number of aromatic amines is 2. The quantitative estimate of drug-likeness (QED) is 0.248. The molecule has 2 aliphatic rings. The third-order valence-corrected chi connectivity index (χ3v) is 6.00.